The van der Waals surface area contributed by atoms with Crippen LogP contribution in [-0.4, -0.2) is 106 Å². The molecule has 4 aliphatic rings. The minimum atomic E-state index is -1.46. The van der Waals surface area contributed by atoms with Gasteiger partial charge in [-0.15, -0.1) is 0 Å². The lowest BCUT2D eigenvalue weighted by Gasteiger charge is -2.40. The topological polar surface area (TPSA) is 177 Å². The summed E-state index contributed by atoms with van der Waals surface area (Å²) in [4.78, 5) is 83.9. The predicted octanol–water partition coefficient (Wildman–Crippen LogP) is 2.62. The zero-order chi connectivity index (χ0) is 37.8. The van der Waals surface area contributed by atoms with Crippen LogP contribution in [0.3, 0.4) is 0 Å². The molecule has 4 rings (SSSR count). The molecule has 0 aromatic heterocycles. The van der Waals surface area contributed by atoms with Crippen LogP contribution in [0.15, 0.2) is 0 Å². The zero-order valence-electron chi connectivity index (χ0n) is 31.7. The van der Waals surface area contributed by atoms with Gasteiger partial charge >= 0.3 is 0 Å². The van der Waals surface area contributed by atoms with E-state index in [9.17, 15) is 33.9 Å². The van der Waals surface area contributed by atoms with Crippen molar-refractivity contribution in [1.82, 2.24) is 31.1 Å². The first kappa shape index (κ1) is 41.5. The Kier molecular flexibility index (Phi) is 16.2. The Morgan fingerprint density at radius 1 is 0.692 bits per heavy atom. The number of hydrogen-bond donors (Lipinski definition) is 5. The highest BCUT2D eigenvalue weighted by atomic mass is 16.3. The van der Waals surface area contributed by atoms with Gasteiger partial charge < -0.3 is 36.2 Å². The minimum absolute atomic E-state index is 0.00552. The molecule has 2 aliphatic heterocycles. The van der Waals surface area contributed by atoms with Gasteiger partial charge in [-0.1, -0.05) is 65.2 Å². The number of aliphatic hydroxyl groups excluding tert-OH is 1. The van der Waals surface area contributed by atoms with E-state index in [1.54, 1.807) is 4.90 Å². The molecule has 7 atom stereocenters. The van der Waals surface area contributed by atoms with Gasteiger partial charge in [0.15, 0.2) is 0 Å². The SMILES string of the molecule is [CH][C@H](NC(=O)[C@@H]1CCCCN1C(=O)[C@@H](NC(=O)C[C@H](C)C1CCCCC1)C1CCCCC1)C(=O)N1CCC[C@H]1C(=O)N[C@H](C(=O)NCCC)C(C)O. The van der Waals surface area contributed by atoms with Crippen molar-refractivity contribution in [3.8, 4) is 0 Å². The summed E-state index contributed by atoms with van der Waals surface area (Å²) in [5, 5.41) is 21.2. The number of aliphatic hydroxyl groups is 1. The molecule has 52 heavy (non-hydrogen) atoms. The van der Waals surface area contributed by atoms with E-state index in [4.69, 9.17) is 6.92 Å². The highest BCUT2D eigenvalue weighted by Crippen LogP contribution is 2.33. The Bertz CT molecular complexity index is 1230. The molecule has 2 heterocycles. The average Bonchev–Trinajstić information content (AvgIpc) is 3.65. The number of carbonyl (C=O) groups is 6. The third kappa shape index (κ3) is 11.1. The van der Waals surface area contributed by atoms with Gasteiger partial charge in [0.25, 0.3) is 0 Å². The number of rotatable bonds is 15. The average molecular weight is 729 g/mol. The smallest absolute Gasteiger partial charge is 0.246 e. The summed E-state index contributed by atoms with van der Waals surface area (Å²) in [6.45, 7) is 12.7. The maximum absolute atomic E-state index is 14.4. The Balaban J connectivity index is 1.40. The lowest BCUT2D eigenvalue weighted by atomic mass is 9.79. The Hall–Kier alpha value is -3.22. The molecular weight excluding hydrogens is 664 g/mol. The van der Waals surface area contributed by atoms with Gasteiger partial charge in [-0.05, 0) is 83.0 Å². The second kappa shape index (κ2) is 20.3. The van der Waals surface area contributed by atoms with E-state index in [-0.39, 0.29) is 30.2 Å². The van der Waals surface area contributed by atoms with E-state index in [1.807, 2.05) is 6.92 Å². The standard InChI is InChI=1S/C39H64N6O7/c1-5-21-40-37(50)33(27(4)46)43-36(49)31-20-14-23-44(31)38(51)26(3)41-35(48)30-19-12-13-22-45(30)39(52)34(29-17-10-7-11-18-29)42-32(47)24-25(2)28-15-8-6-9-16-28/h3,25-31,33-34,46H,5-24H2,1-2,4H3,(H,40,50)(H,41,48)(H,42,47)(H,43,49)/t25-,26-,27?,30-,31-,33-,34-/m0/s1. The molecule has 2 saturated carbocycles. The quantitative estimate of drug-likeness (QED) is 0.172. The second-order valence-corrected chi connectivity index (χ2v) is 15.8. The normalized spacial score (nSPS) is 24.6. The van der Waals surface area contributed by atoms with Crippen molar-refractivity contribution in [2.75, 3.05) is 19.6 Å². The third-order valence-corrected chi connectivity index (χ3v) is 11.8. The molecule has 292 valence electrons. The number of nitrogens with zero attached hydrogens (tertiary/aromatic N) is 2. The van der Waals surface area contributed by atoms with Crippen molar-refractivity contribution in [1.29, 1.82) is 0 Å². The molecule has 0 aromatic carbocycles. The number of carbonyl (C=O) groups excluding carboxylic acids is 6. The van der Waals surface area contributed by atoms with E-state index < -0.39 is 59.9 Å². The van der Waals surface area contributed by atoms with Crippen LogP contribution < -0.4 is 21.3 Å². The van der Waals surface area contributed by atoms with Crippen molar-refractivity contribution in [3.05, 3.63) is 6.92 Å². The number of piperidine rings is 1. The Labute approximate surface area is 310 Å². The fourth-order valence-corrected chi connectivity index (χ4v) is 8.70. The second-order valence-electron chi connectivity index (χ2n) is 15.8. The van der Waals surface area contributed by atoms with E-state index >= 15 is 0 Å². The van der Waals surface area contributed by atoms with Crippen LogP contribution in [0.5, 0.6) is 0 Å². The summed E-state index contributed by atoms with van der Waals surface area (Å²) < 4.78 is 0. The van der Waals surface area contributed by atoms with E-state index in [2.05, 4.69) is 28.2 Å². The number of hydrogen-bond acceptors (Lipinski definition) is 7. The van der Waals surface area contributed by atoms with Gasteiger partial charge in [0.05, 0.1) is 6.10 Å². The molecule has 1 unspecified atom stereocenters. The van der Waals surface area contributed by atoms with Crippen LogP contribution >= 0.6 is 0 Å². The number of amides is 6. The van der Waals surface area contributed by atoms with Crippen molar-refractivity contribution in [2.45, 2.75) is 166 Å². The molecular formula is C39H64N6O7. The highest BCUT2D eigenvalue weighted by Gasteiger charge is 2.42. The Morgan fingerprint density at radius 2 is 1.23 bits per heavy atom. The van der Waals surface area contributed by atoms with Gasteiger partial charge in [-0.3, -0.25) is 28.8 Å². The summed E-state index contributed by atoms with van der Waals surface area (Å²) in [6.07, 6.45) is 13.3. The molecule has 4 fully saturated rings. The van der Waals surface area contributed by atoms with Gasteiger partial charge in [-0.25, -0.2) is 0 Å². The summed E-state index contributed by atoms with van der Waals surface area (Å²) in [6, 6.07) is -5.15. The summed E-state index contributed by atoms with van der Waals surface area (Å²) >= 11 is 0. The zero-order valence-corrected chi connectivity index (χ0v) is 31.7. The van der Waals surface area contributed by atoms with Crippen molar-refractivity contribution >= 4 is 35.4 Å². The molecule has 6 amide bonds. The third-order valence-electron chi connectivity index (χ3n) is 11.8. The van der Waals surface area contributed by atoms with Gasteiger partial charge in [0.2, 0.25) is 35.4 Å². The van der Waals surface area contributed by atoms with Crippen LogP contribution in [0.4, 0.5) is 0 Å². The lowest BCUT2D eigenvalue weighted by Crippen LogP contribution is -2.61. The lowest BCUT2D eigenvalue weighted by molar-refractivity contribution is -0.148. The van der Waals surface area contributed by atoms with Gasteiger partial charge in [0.1, 0.15) is 30.2 Å². The summed E-state index contributed by atoms with van der Waals surface area (Å²) in [5.41, 5.74) is 0. The van der Waals surface area contributed by atoms with E-state index in [0.29, 0.717) is 51.1 Å². The fourth-order valence-electron chi connectivity index (χ4n) is 8.70. The molecule has 0 spiro atoms. The minimum Gasteiger partial charge on any atom is -0.391 e. The summed E-state index contributed by atoms with van der Waals surface area (Å²) in [7, 11) is 0. The largest absolute Gasteiger partial charge is 0.391 e. The molecule has 2 aliphatic carbocycles. The first-order valence-electron chi connectivity index (χ1n) is 20.1. The van der Waals surface area contributed by atoms with Crippen molar-refractivity contribution in [3.63, 3.8) is 0 Å². The van der Waals surface area contributed by atoms with Gasteiger partial charge in [-0.2, -0.15) is 0 Å². The molecule has 0 aromatic rings. The molecule has 0 bridgehead atoms. The monoisotopic (exact) mass is 728 g/mol. The van der Waals surface area contributed by atoms with Crippen LogP contribution in [-0.2, 0) is 28.8 Å². The van der Waals surface area contributed by atoms with Crippen LogP contribution in [0, 0.1) is 24.7 Å². The van der Waals surface area contributed by atoms with Gasteiger partial charge in [0, 0.05) is 26.1 Å². The maximum Gasteiger partial charge on any atom is 0.246 e. The van der Waals surface area contributed by atoms with Crippen molar-refractivity contribution in [2.24, 2.45) is 17.8 Å². The first-order valence-corrected chi connectivity index (χ1v) is 20.1. The van der Waals surface area contributed by atoms with Crippen LogP contribution in [0.1, 0.15) is 130 Å². The highest BCUT2D eigenvalue weighted by molar-refractivity contribution is 5.97. The molecule has 2 saturated heterocycles. The molecule has 13 heteroatoms. The van der Waals surface area contributed by atoms with Crippen LogP contribution in [0.2, 0.25) is 0 Å². The maximum atomic E-state index is 14.4. The van der Waals surface area contributed by atoms with E-state index in [0.717, 1.165) is 57.8 Å². The fraction of sp³-hybridized carbons (Fsp3) is 0.821. The Morgan fingerprint density at radius 3 is 1.85 bits per heavy atom. The summed E-state index contributed by atoms with van der Waals surface area (Å²) in [5.74, 6) is -1.91. The molecule has 13 nitrogen and oxygen atoms in total. The molecule has 5 N–H and O–H groups in total. The number of likely N-dealkylation sites (tertiary alicyclic amines) is 2. The first-order chi connectivity index (χ1) is 24.9. The van der Waals surface area contributed by atoms with Crippen molar-refractivity contribution < 1.29 is 33.9 Å². The van der Waals surface area contributed by atoms with E-state index in [1.165, 1.54) is 31.1 Å². The molecule has 2 radical (unpaired) electrons. The van der Waals surface area contributed by atoms with Crippen LogP contribution in [0.25, 0.3) is 0 Å². The number of nitrogens with one attached hydrogen (secondary N) is 4. The predicted molar refractivity (Wildman–Crippen MR) is 196 cm³/mol.